The number of rotatable bonds is 6. The van der Waals surface area contributed by atoms with Gasteiger partial charge in [-0.05, 0) is 56.6 Å². The number of carbonyl (C=O) groups is 2. The minimum absolute atomic E-state index is 0.0824. The van der Waals surface area contributed by atoms with Crippen molar-refractivity contribution in [3.05, 3.63) is 18.5 Å². The van der Waals surface area contributed by atoms with Gasteiger partial charge in [0.15, 0.2) is 0 Å². The number of hydrogen-bond acceptors (Lipinski definition) is 6. The standard InChI is InChI=1S/C22H31N5O2/c28-19-16-22(15-17-4-5-18(22)14-17)20(29)27(19)9-2-1-8-25-10-12-26(13-11-25)21-23-6-3-7-24-21/h3,6-7,17-18H,1-2,4-5,8-16H2/t17-,18+,22-/m1/s1. The molecular weight excluding hydrogens is 366 g/mol. The van der Waals surface area contributed by atoms with Crippen LogP contribution in [-0.4, -0.2) is 70.9 Å². The summed E-state index contributed by atoms with van der Waals surface area (Å²) in [5, 5.41) is 0. The van der Waals surface area contributed by atoms with Gasteiger partial charge in [-0.3, -0.25) is 19.4 Å². The zero-order valence-corrected chi connectivity index (χ0v) is 17.1. The molecule has 2 bridgehead atoms. The smallest absolute Gasteiger partial charge is 0.236 e. The molecule has 7 heteroatoms. The fourth-order valence-electron chi connectivity index (χ4n) is 6.20. The van der Waals surface area contributed by atoms with Crippen LogP contribution in [0.4, 0.5) is 5.95 Å². The Balaban J connectivity index is 1.05. The molecule has 2 amide bonds. The fraction of sp³-hybridized carbons (Fsp3) is 0.727. The van der Waals surface area contributed by atoms with Crippen LogP contribution < -0.4 is 4.90 Å². The van der Waals surface area contributed by atoms with Gasteiger partial charge in [0.05, 0.1) is 5.41 Å². The number of anilines is 1. The van der Waals surface area contributed by atoms with E-state index in [1.165, 1.54) is 12.8 Å². The number of unbranched alkanes of at least 4 members (excludes halogenated alkanes) is 1. The molecule has 1 aromatic rings. The minimum atomic E-state index is -0.310. The Labute approximate surface area is 172 Å². The van der Waals surface area contributed by atoms with Crippen LogP contribution in [0.3, 0.4) is 0 Å². The van der Waals surface area contributed by atoms with Gasteiger partial charge in [0, 0.05) is 51.5 Å². The summed E-state index contributed by atoms with van der Waals surface area (Å²) in [5.41, 5.74) is -0.310. The molecule has 2 saturated heterocycles. The van der Waals surface area contributed by atoms with E-state index < -0.39 is 0 Å². The molecule has 156 valence electrons. The van der Waals surface area contributed by atoms with Crippen molar-refractivity contribution in [2.45, 2.75) is 44.9 Å². The molecule has 3 atom stereocenters. The first-order valence-electron chi connectivity index (χ1n) is 11.2. The highest BCUT2D eigenvalue weighted by Crippen LogP contribution is 2.60. The predicted molar refractivity (Wildman–Crippen MR) is 109 cm³/mol. The van der Waals surface area contributed by atoms with Gasteiger partial charge in [0.1, 0.15) is 0 Å². The van der Waals surface area contributed by atoms with Crippen LogP contribution >= 0.6 is 0 Å². The SMILES string of the molecule is O=C1C[C@@]2(C[C@@H]3CC[C@H]2C3)C(=O)N1CCCCN1CCN(c2ncccn2)CC1. The highest BCUT2D eigenvalue weighted by atomic mass is 16.2. The maximum atomic E-state index is 13.1. The monoisotopic (exact) mass is 397 g/mol. The number of hydrogen-bond donors (Lipinski definition) is 0. The van der Waals surface area contributed by atoms with Crippen LogP contribution in [0.25, 0.3) is 0 Å². The van der Waals surface area contributed by atoms with E-state index in [0.29, 0.717) is 24.8 Å². The first kappa shape index (κ1) is 19.0. The normalized spacial score (nSPS) is 32.1. The second kappa shape index (κ2) is 7.67. The average molecular weight is 398 g/mol. The lowest BCUT2D eigenvalue weighted by Crippen LogP contribution is -2.47. The fourth-order valence-corrected chi connectivity index (χ4v) is 6.20. The molecule has 0 radical (unpaired) electrons. The summed E-state index contributed by atoms with van der Waals surface area (Å²) < 4.78 is 0. The molecule has 5 rings (SSSR count). The third-order valence-electron chi connectivity index (χ3n) is 7.73. The van der Waals surface area contributed by atoms with E-state index in [9.17, 15) is 9.59 Å². The molecule has 7 nitrogen and oxygen atoms in total. The molecule has 2 aliphatic heterocycles. The van der Waals surface area contributed by atoms with Crippen LogP contribution in [0.5, 0.6) is 0 Å². The molecule has 1 spiro atoms. The second-order valence-electron chi connectivity index (χ2n) is 9.35. The summed E-state index contributed by atoms with van der Waals surface area (Å²) in [6, 6.07) is 1.84. The Bertz CT molecular complexity index is 764. The number of aromatic nitrogens is 2. The summed E-state index contributed by atoms with van der Waals surface area (Å²) >= 11 is 0. The minimum Gasteiger partial charge on any atom is -0.338 e. The summed E-state index contributed by atoms with van der Waals surface area (Å²) in [5.74, 6) is 2.22. The first-order valence-corrected chi connectivity index (χ1v) is 11.2. The number of amides is 2. The van der Waals surface area contributed by atoms with Gasteiger partial charge in [-0.15, -0.1) is 0 Å². The van der Waals surface area contributed by atoms with Crippen molar-refractivity contribution in [3.8, 4) is 0 Å². The Morgan fingerprint density at radius 2 is 1.76 bits per heavy atom. The maximum absolute atomic E-state index is 13.1. The zero-order chi connectivity index (χ0) is 19.8. The molecule has 0 aromatic carbocycles. The van der Waals surface area contributed by atoms with E-state index in [-0.39, 0.29) is 17.2 Å². The number of likely N-dealkylation sites (tertiary alicyclic amines) is 1. The Morgan fingerprint density at radius 1 is 1.00 bits per heavy atom. The number of piperazine rings is 1. The number of imide groups is 1. The molecule has 4 aliphatic rings. The summed E-state index contributed by atoms with van der Waals surface area (Å²) in [6.45, 7) is 5.53. The van der Waals surface area contributed by atoms with Gasteiger partial charge in [0.2, 0.25) is 17.8 Å². The number of carbonyl (C=O) groups excluding carboxylic acids is 2. The van der Waals surface area contributed by atoms with Crippen LogP contribution in [0.1, 0.15) is 44.9 Å². The largest absolute Gasteiger partial charge is 0.338 e. The van der Waals surface area contributed by atoms with Crippen molar-refractivity contribution in [2.75, 3.05) is 44.2 Å². The Morgan fingerprint density at radius 3 is 2.45 bits per heavy atom. The topological polar surface area (TPSA) is 69.6 Å². The third-order valence-corrected chi connectivity index (χ3v) is 7.73. The van der Waals surface area contributed by atoms with Crippen LogP contribution in [0.2, 0.25) is 0 Å². The van der Waals surface area contributed by atoms with E-state index >= 15 is 0 Å². The molecule has 2 saturated carbocycles. The molecule has 3 heterocycles. The second-order valence-corrected chi connectivity index (χ2v) is 9.35. The highest BCUT2D eigenvalue weighted by molar-refractivity contribution is 6.06. The van der Waals surface area contributed by atoms with Gasteiger partial charge < -0.3 is 4.90 Å². The molecule has 1 aromatic heterocycles. The Hall–Kier alpha value is -2.02. The van der Waals surface area contributed by atoms with Gasteiger partial charge in [-0.2, -0.15) is 0 Å². The zero-order valence-electron chi connectivity index (χ0n) is 17.1. The van der Waals surface area contributed by atoms with Crippen molar-refractivity contribution < 1.29 is 9.59 Å². The Kier molecular flexibility index (Phi) is 5.02. The van der Waals surface area contributed by atoms with E-state index in [1.54, 1.807) is 17.3 Å². The van der Waals surface area contributed by atoms with Crippen LogP contribution in [0.15, 0.2) is 18.5 Å². The molecule has 29 heavy (non-hydrogen) atoms. The van der Waals surface area contributed by atoms with Crippen molar-refractivity contribution in [1.29, 1.82) is 0 Å². The lowest BCUT2D eigenvalue weighted by Gasteiger charge is -2.34. The van der Waals surface area contributed by atoms with Crippen molar-refractivity contribution in [2.24, 2.45) is 17.3 Å². The quantitative estimate of drug-likeness (QED) is 0.540. The van der Waals surface area contributed by atoms with E-state index in [4.69, 9.17) is 0 Å². The van der Waals surface area contributed by atoms with Crippen molar-refractivity contribution in [1.82, 2.24) is 19.8 Å². The molecule has 2 aliphatic carbocycles. The van der Waals surface area contributed by atoms with Crippen molar-refractivity contribution in [3.63, 3.8) is 0 Å². The summed E-state index contributed by atoms with van der Waals surface area (Å²) in [7, 11) is 0. The lowest BCUT2D eigenvalue weighted by molar-refractivity contribution is -0.142. The van der Waals surface area contributed by atoms with Gasteiger partial charge >= 0.3 is 0 Å². The summed E-state index contributed by atoms with van der Waals surface area (Å²) in [4.78, 5) is 40.6. The van der Waals surface area contributed by atoms with Gasteiger partial charge in [-0.1, -0.05) is 6.42 Å². The average Bonchev–Trinajstić information content (AvgIpc) is 3.42. The molecule has 4 fully saturated rings. The van der Waals surface area contributed by atoms with E-state index in [1.807, 2.05) is 6.07 Å². The molecule has 0 N–H and O–H groups in total. The van der Waals surface area contributed by atoms with Gasteiger partial charge in [0.25, 0.3) is 0 Å². The van der Waals surface area contributed by atoms with Gasteiger partial charge in [-0.25, -0.2) is 9.97 Å². The lowest BCUT2D eigenvalue weighted by atomic mass is 9.72. The summed E-state index contributed by atoms with van der Waals surface area (Å²) in [6.07, 6.45) is 10.5. The van der Waals surface area contributed by atoms with E-state index in [0.717, 1.165) is 64.4 Å². The highest BCUT2D eigenvalue weighted by Gasteiger charge is 2.61. The third kappa shape index (κ3) is 3.43. The molecular formula is C22H31N5O2. The molecule has 0 unspecified atom stereocenters. The number of fused-ring (bicyclic) bond motifs is 3. The van der Waals surface area contributed by atoms with Crippen LogP contribution in [0, 0.1) is 17.3 Å². The van der Waals surface area contributed by atoms with Crippen LogP contribution in [-0.2, 0) is 9.59 Å². The maximum Gasteiger partial charge on any atom is 0.236 e. The van der Waals surface area contributed by atoms with Crippen molar-refractivity contribution >= 4 is 17.8 Å². The van der Waals surface area contributed by atoms with E-state index in [2.05, 4.69) is 19.8 Å². The first-order chi connectivity index (χ1) is 14.2. The number of nitrogens with zero attached hydrogens (tertiary/aromatic N) is 5. The predicted octanol–water partition coefficient (Wildman–Crippen LogP) is 1.94.